The fourth-order valence-electron chi connectivity index (χ4n) is 2.24. The first-order valence-corrected chi connectivity index (χ1v) is 6.52. The van der Waals surface area contributed by atoms with E-state index in [1.54, 1.807) is 6.92 Å². The first-order valence-electron chi connectivity index (χ1n) is 6.52. The van der Waals surface area contributed by atoms with Gasteiger partial charge in [0.15, 0.2) is 5.82 Å². The Balaban J connectivity index is 1.84. The third kappa shape index (κ3) is 3.43. The van der Waals surface area contributed by atoms with Crippen LogP contribution in [-0.4, -0.2) is 33.7 Å². The van der Waals surface area contributed by atoms with Crippen molar-refractivity contribution in [1.29, 1.82) is 0 Å². The molecular formula is C13H17N3O4. The lowest BCUT2D eigenvalue weighted by Crippen LogP contribution is -2.39. The molecule has 20 heavy (non-hydrogen) atoms. The summed E-state index contributed by atoms with van der Waals surface area (Å²) in [6, 6.07) is 0. The Labute approximate surface area is 116 Å². The van der Waals surface area contributed by atoms with Gasteiger partial charge >= 0.3 is 5.97 Å². The molecule has 0 fully saturated rings. The van der Waals surface area contributed by atoms with Crippen molar-refractivity contribution >= 4 is 11.9 Å². The van der Waals surface area contributed by atoms with Gasteiger partial charge in [0.2, 0.25) is 11.8 Å². The van der Waals surface area contributed by atoms with Crippen LogP contribution in [0.3, 0.4) is 0 Å². The van der Waals surface area contributed by atoms with Crippen molar-refractivity contribution in [2.75, 3.05) is 6.54 Å². The SMILES string of the molecule is Cc1noc(CCNC(=O)C2CC=CCC2C(=O)O)n1. The van der Waals surface area contributed by atoms with E-state index >= 15 is 0 Å². The van der Waals surface area contributed by atoms with Gasteiger partial charge in [0.05, 0.1) is 11.8 Å². The summed E-state index contributed by atoms with van der Waals surface area (Å²) < 4.78 is 4.93. The average Bonchev–Trinajstić information content (AvgIpc) is 2.84. The second-order valence-electron chi connectivity index (χ2n) is 4.77. The number of aryl methyl sites for hydroxylation is 1. The second kappa shape index (κ2) is 6.31. The van der Waals surface area contributed by atoms with Gasteiger partial charge in [-0.3, -0.25) is 9.59 Å². The predicted molar refractivity (Wildman–Crippen MR) is 68.7 cm³/mol. The highest BCUT2D eigenvalue weighted by molar-refractivity contribution is 5.85. The Hall–Kier alpha value is -2.18. The van der Waals surface area contributed by atoms with E-state index in [9.17, 15) is 9.59 Å². The molecule has 1 amide bonds. The van der Waals surface area contributed by atoms with E-state index in [-0.39, 0.29) is 5.91 Å². The third-order valence-corrected chi connectivity index (χ3v) is 3.29. The minimum absolute atomic E-state index is 0.238. The Bertz CT molecular complexity index is 523. The van der Waals surface area contributed by atoms with Crippen LogP contribution in [0.15, 0.2) is 16.7 Å². The van der Waals surface area contributed by atoms with E-state index in [1.807, 2.05) is 12.2 Å². The summed E-state index contributed by atoms with van der Waals surface area (Å²) in [5, 5.41) is 15.5. The van der Waals surface area contributed by atoms with Gasteiger partial charge in [-0.25, -0.2) is 0 Å². The Morgan fingerprint density at radius 2 is 2.10 bits per heavy atom. The number of hydrogen-bond acceptors (Lipinski definition) is 5. The largest absolute Gasteiger partial charge is 0.481 e. The number of aliphatic carboxylic acids is 1. The van der Waals surface area contributed by atoms with Gasteiger partial charge in [-0.15, -0.1) is 0 Å². The predicted octanol–water partition coefficient (Wildman–Crippen LogP) is 0.704. The molecule has 1 aliphatic rings. The van der Waals surface area contributed by atoms with E-state index in [2.05, 4.69) is 15.5 Å². The second-order valence-corrected chi connectivity index (χ2v) is 4.77. The maximum atomic E-state index is 12.0. The van der Waals surface area contributed by atoms with Crippen molar-refractivity contribution in [2.45, 2.75) is 26.2 Å². The van der Waals surface area contributed by atoms with Crippen LogP contribution in [0.2, 0.25) is 0 Å². The van der Waals surface area contributed by atoms with E-state index in [0.717, 1.165) is 0 Å². The molecule has 2 atom stereocenters. The number of nitrogens with one attached hydrogen (secondary N) is 1. The Kier molecular flexibility index (Phi) is 4.49. The highest BCUT2D eigenvalue weighted by Crippen LogP contribution is 2.25. The van der Waals surface area contributed by atoms with Crippen molar-refractivity contribution in [1.82, 2.24) is 15.5 Å². The highest BCUT2D eigenvalue weighted by Gasteiger charge is 2.33. The summed E-state index contributed by atoms with van der Waals surface area (Å²) in [4.78, 5) is 27.2. The van der Waals surface area contributed by atoms with Crippen LogP contribution < -0.4 is 5.32 Å². The molecule has 1 aromatic heterocycles. The molecule has 0 saturated heterocycles. The van der Waals surface area contributed by atoms with Crippen LogP contribution in [0.1, 0.15) is 24.6 Å². The summed E-state index contributed by atoms with van der Waals surface area (Å²) >= 11 is 0. The molecule has 1 aliphatic carbocycles. The fourth-order valence-corrected chi connectivity index (χ4v) is 2.24. The van der Waals surface area contributed by atoms with Gasteiger partial charge in [0.25, 0.3) is 0 Å². The zero-order chi connectivity index (χ0) is 14.5. The molecule has 0 aromatic carbocycles. The maximum absolute atomic E-state index is 12.0. The molecule has 0 spiro atoms. The Morgan fingerprint density at radius 1 is 1.40 bits per heavy atom. The molecule has 2 unspecified atom stereocenters. The first-order chi connectivity index (χ1) is 9.58. The summed E-state index contributed by atoms with van der Waals surface area (Å²) in [6.07, 6.45) is 4.96. The molecule has 0 aliphatic heterocycles. The number of aromatic nitrogens is 2. The third-order valence-electron chi connectivity index (χ3n) is 3.29. The average molecular weight is 279 g/mol. The summed E-state index contributed by atoms with van der Waals surface area (Å²) in [6.45, 7) is 2.07. The number of carbonyl (C=O) groups excluding carboxylic acids is 1. The van der Waals surface area contributed by atoms with Gasteiger partial charge in [0, 0.05) is 13.0 Å². The number of amides is 1. The monoisotopic (exact) mass is 279 g/mol. The van der Waals surface area contributed by atoms with Crippen molar-refractivity contribution in [3.63, 3.8) is 0 Å². The van der Waals surface area contributed by atoms with Gasteiger partial charge in [-0.05, 0) is 19.8 Å². The number of carboxylic acid groups (broad SMARTS) is 1. The number of carboxylic acids is 1. The summed E-state index contributed by atoms with van der Waals surface area (Å²) in [5.74, 6) is -1.32. The van der Waals surface area contributed by atoms with E-state index in [1.165, 1.54) is 0 Å². The van der Waals surface area contributed by atoms with Crippen molar-refractivity contribution in [3.8, 4) is 0 Å². The fraction of sp³-hybridized carbons (Fsp3) is 0.538. The van der Waals surface area contributed by atoms with Crippen molar-refractivity contribution in [2.24, 2.45) is 11.8 Å². The molecule has 2 rings (SSSR count). The van der Waals surface area contributed by atoms with Gasteiger partial charge in [-0.2, -0.15) is 4.98 Å². The summed E-state index contributed by atoms with van der Waals surface area (Å²) in [5.41, 5.74) is 0. The van der Waals surface area contributed by atoms with Crippen LogP contribution in [0, 0.1) is 18.8 Å². The summed E-state index contributed by atoms with van der Waals surface area (Å²) in [7, 11) is 0. The normalized spacial score (nSPS) is 21.6. The van der Waals surface area contributed by atoms with E-state index in [4.69, 9.17) is 9.63 Å². The van der Waals surface area contributed by atoms with Crippen LogP contribution >= 0.6 is 0 Å². The molecule has 1 heterocycles. The molecule has 1 aromatic rings. The Morgan fingerprint density at radius 3 is 2.70 bits per heavy atom. The van der Waals surface area contributed by atoms with Crippen LogP contribution in [0.25, 0.3) is 0 Å². The molecule has 0 saturated carbocycles. The number of allylic oxidation sites excluding steroid dienone is 2. The van der Waals surface area contributed by atoms with Crippen molar-refractivity contribution < 1.29 is 19.2 Å². The smallest absolute Gasteiger partial charge is 0.307 e. The highest BCUT2D eigenvalue weighted by atomic mass is 16.5. The minimum Gasteiger partial charge on any atom is -0.481 e. The lowest BCUT2D eigenvalue weighted by Gasteiger charge is -2.24. The molecule has 0 bridgehead atoms. The lowest BCUT2D eigenvalue weighted by atomic mass is 9.82. The molecule has 0 radical (unpaired) electrons. The maximum Gasteiger partial charge on any atom is 0.307 e. The number of hydrogen-bond donors (Lipinski definition) is 2. The molecule has 2 N–H and O–H groups in total. The van der Waals surface area contributed by atoms with Gasteiger partial charge < -0.3 is 14.9 Å². The standard InChI is InChI=1S/C13H17N3O4/c1-8-15-11(20-16-8)6-7-14-12(17)9-4-2-3-5-10(9)13(18)19/h2-3,9-10H,4-7H2,1H3,(H,14,17)(H,18,19). The zero-order valence-electron chi connectivity index (χ0n) is 11.2. The first kappa shape index (κ1) is 14.2. The minimum atomic E-state index is -0.929. The van der Waals surface area contributed by atoms with Crippen LogP contribution in [0.4, 0.5) is 0 Å². The van der Waals surface area contributed by atoms with Crippen molar-refractivity contribution in [3.05, 3.63) is 23.9 Å². The topological polar surface area (TPSA) is 105 Å². The van der Waals surface area contributed by atoms with Gasteiger partial charge in [0.1, 0.15) is 0 Å². The number of rotatable bonds is 5. The van der Waals surface area contributed by atoms with E-state index in [0.29, 0.717) is 37.5 Å². The van der Waals surface area contributed by atoms with Crippen LogP contribution in [-0.2, 0) is 16.0 Å². The molecule has 108 valence electrons. The van der Waals surface area contributed by atoms with E-state index < -0.39 is 17.8 Å². The lowest BCUT2D eigenvalue weighted by molar-refractivity contribution is -0.147. The van der Waals surface area contributed by atoms with Crippen LogP contribution in [0.5, 0.6) is 0 Å². The quantitative estimate of drug-likeness (QED) is 0.769. The van der Waals surface area contributed by atoms with Gasteiger partial charge in [-0.1, -0.05) is 17.3 Å². The molecular weight excluding hydrogens is 262 g/mol. The molecule has 7 heteroatoms. The number of carbonyl (C=O) groups is 2. The zero-order valence-corrected chi connectivity index (χ0v) is 11.2. The number of nitrogens with zero attached hydrogens (tertiary/aromatic N) is 2. The molecule has 7 nitrogen and oxygen atoms in total.